The summed E-state index contributed by atoms with van der Waals surface area (Å²) in [6.45, 7) is 6.26. The Morgan fingerprint density at radius 1 is 1.11 bits per heavy atom. The molecule has 3 rings (SSSR count). The van der Waals surface area contributed by atoms with E-state index in [9.17, 15) is 0 Å². The molecule has 0 spiro atoms. The highest BCUT2D eigenvalue weighted by Crippen LogP contribution is 2.47. The van der Waals surface area contributed by atoms with Crippen molar-refractivity contribution in [2.75, 3.05) is 19.6 Å². The van der Waals surface area contributed by atoms with Crippen LogP contribution in [0.2, 0.25) is 0 Å². The van der Waals surface area contributed by atoms with Crippen molar-refractivity contribution in [1.29, 1.82) is 0 Å². The van der Waals surface area contributed by atoms with Crippen molar-refractivity contribution < 1.29 is 0 Å². The minimum Gasteiger partial charge on any atom is -0.312 e. The number of rotatable bonds is 6. The highest BCUT2D eigenvalue weighted by Gasteiger charge is 2.51. The first-order valence-electron chi connectivity index (χ1n) is 8.35. The van der Waals surface area contributed by atoms with Crippen molar-refractivity contribution in [2.24, 2.45) is 5.92 Å². The van der Waals surface area contributed by atoms with Crippen molar-refractivity contribution in [3.63, 3.8) is 0 Å². The number of nitrogens with zero attached hydrogens (tertiary/aromatic N) is 1. The van der Waals surface area contributed by atoms with E-state index in [4.69, 9.17) is 0 Å². The zero-order valence-electron chi connectivity index (χ0n) is 12.1. The molecule has 2 saturated carbocycles. The van der Waals surface area contributed by atoms with Crippen LogP contribution in [0.15, 0.2) is 0 Å². The summed E-state index contributed by atoms with van der Waals surface area (Å²) >= 11 is 0. The van der Waals surface area contributed by atoms with Gasteiger partial charge in [0.2, 0.25) is 0 Å². The summed E-state index contributed by atoms with van der Waals surface area (Å²) in [7, 11) is 0. The van der Waals surface area contributed by atoms with E-state index >= 15 is 0 Å². The van der Waals surface area contributed by atoms with Crippen molar-refractivity contribution in [3.8, 4) is 0 Å². The van der Waals surface area contributed by atoms with E-state index < -0.39 is 0 Å². The Morgan fingerprint density at radius 2 is 1.78 bits per heavy atom. The highest BCUT2D eigenvalue weighted by molar-refractivity contribution is 5.09. The lowest BCUT2D eigenvalue weighted by molar-refractivity contribution is 0.0674. The Morgan fingerprint density at radius 3 is 2.33 bits per heavy atom. The molecule has 3 aliphatic rings. The molecule has 0 bridgehead atoms. The summed E-state index contributed by atoms with van der Waals surface area (Å²) in [6.07, 6.45) is 13.0. The smallest absolute Gasteiger partial charge is 0.0365 e. The van der Waals surface area contributed by atoms with E-state index in [0.29, 0.717) is 5.54 Å². The SMILES string of the molecule is CCCNC(C1CC1)C1(N2CCCC2)CCCC1. The van der Waals surface area contributed by atoms with E-state index in [1.807, 2.05) is 0 Å². The van der Waals surface area contributed by atoms with E-state index in [1.165, 1.54) is 77.4 Å². The molecule has 1 heterocycles. The van der Waals surface area contributed by atoms with Crippen LogP contribution in [-0.4, -0.2) is 36.1 Å². The Kier molecular flexibility index (Phi) is 3.95. The minimum atomic E-state index is 0.548. The summed E-state index contributed by atoms with van der Waals surface area (Å²) in [5, 5.41) is 3.95. The summed E-state index contributed by atoms with van der Waals surface area (Å²) in [4.78, 5) is 2.88. The zero-order valence-corrected chi connectivity index (χ0v) is 12.1. The molecular weight excluding hydrogens is 220 g/mol. The Bertz CT molecular complexity index is 260. The van der Waals surface area contributed by atoms with Crippen LogP contribution < -0.4 is 5.32 Å². The minimum absolute atomic E-state index is 0.548. The molecule has 2 heteroatoms. The first-order chi connectivity index (χ1) is 8.87. The van der Waals surface area contributed by atoms with Gasteiger partial charge < -0.3 is 5.32 Å². The van der Waals surface area contributed by atoms with Gasteiger partial charge in [0.15, 0.2) is 0 Å². The predicted octanol–water partition coefficient (Wildman–Crippen LogP) is 3.17. The third kappa shape index (κ3) is 2.34. The fraction of sp³-hybridized carbons (Fsp3) is 1.00. The standard InChI is InChI=1S/C16H30N2/c1-2-11-17-15(14-7-8-14)16(9-3-4-10-16)18-12-5-6-13-18/h14-15,17H,2-13H2,1H3. The molecule has 0 aromatic heterocycles. The Labute approximate surface area is 113 Å². The second-order valence-corrected chi connectivity index (χ2v) is 6.77. The van der Waals surface area contributed by atoms with Gasteiger partial charge in [0.25, 0.3) is 0 Å². The average molecular weight is 250 g/mol. The lowest BCUT2D eigenvalue weighted by Crippen LogP contribution is -2.60. The number of hydrogen-bond acceptors (Lipinski definition) is 2. The number of hydrogen-bond donors (Lipinski definition) is 1. The first kappa shape index (κ1) is 12.9. The first-order valence-corrected chi connectivity index (χ1v) is 8.35. The Hall–Kier alpha value is -0.0800. The number of nitrogens with one attached hydrogen (secondary N) is 1. The van der Waals surface area contributed by atoms with Gasteiger partial charge in [-0.3, -0.25) is 4.90 Å². The molecule has 1 saturated heterocycles. The third-order valence-electron chi connectivity index (χ3n) is 5.49. The van der Waals surface area contributed by atoms with Crippen molar-refractivity contribution >= 4 is 0 Å². The van der Waals surface area contributed by atoms with Crippen LogP contribution in [0.5, 0.6) is 0 Å². The molecule has 2 aliphatic carbocycles. The van der Waals surface area contributed by atoms with Gasteiger partial charge in [-0.15, -0.1) is 0 Å². The van der Waals surface area contributed by atoms with Gasteiger partial charge in [0, 0.05) is 11.6 Å². The lowest BCUT2D eigenvalue weighted by atomic mass is 9.83. The van der Waals surface area contributed by atoms with Crippen molar-refractivity contribution in [3.05, 3.63) is 0 Å². The van der Waals surface area contributed by atoms with Crippen molar-refractivity contribution in [2.45, 2.75) is 76.3 Å². The monoisotopic (exact) mass is 250 g/mol. The maximum Gasteiger partial charge on any atom is 0.0365 e. The zero-order chi connectivity index (χ0) is 12.4. The van der Waals surface area contributed by atoms with Crippen LogP contribution in [0, 0.1) is 5.92 Å². The lowest BCUT2D eigenvalue weighted by Gasteiger charge is -2.46. The molecular formula is C16H30N2. The van der Waals surface area contributed by atoms with Crippen LogP contribution in [0.4, 0.5) is 0 Å². The summed E-state index contributed by atoms with van der Waals surface area (Å²) in [5.41, 5.74) is 0.548. The van der Waals surface area contributed by atoms with Crippen LogP contribution in [-0.2, 0) is 0 Å². The van der Waals surface area contributed by atoms with Gasteiger partial charge in [-0.1, -0.05) is 19.8 Å². The molecule has 0 aromatic carbocycles. The second kappa shape index (κ2) is 5.50. The van der Waals surface area contributed by atoms with E-state index in [1.54, 1.807) is 0 Å². The van der Waals surface area contributed by atoms with Gasteiger partial charge in [0.1, 0.15) is 0 Å². The quantitative estimate of drug-likeness (QED) is 0.779. The largest absolute Gasteiger partial charge is 0.312 e. The molecule has 104 valence electrons. The maximum absolute atomic E-state index is 3.95. The molecule has 2 nitrogen and oxygen atoms in total. The van der Waals surface area contributed by atoms with E-state index in [2.05, 4.69) is 17.1 Å². The molecule has 0 aromatic rings. The van der Waals surface area contributed by atoms with E-state index in [-0.39, 0.29) is 0 Å². The molecule has 18 heavy (non-hydrogen) atoms. The molecule has 1 atom stereocenters. The molecule has 1 aliphatic heterocycles. The summed E-state index contributed by atoms with van der Waals surface area (Å²) in [6, 6.07) is 0.804. The van der Waals surface area contributed by atoms with Gasteiger partial charge in [0.05, 0.1) is 0 Å². The predicted molar refractivity (Wildman–Crippen MR) is 76.8 cm³/mol. The third-order valence-corrected chi connectivity index (χ3v) is 5.49. The number of likely N-dealkylation sites (tertiary alicyclic amines) is 1. The maximum atomic E-state index is 3.95. The topological polar surface area (TPSA) is 15.3 Å². The average Bonchev–Trinajstić information content (AvgIpc) is 2.90. The molecule has 1 unspecified atom stereocenters. The molecule has 0 amide bonds. The fourth-order valence-electron chi connectivity index (χ4n) is 4.50. The van der Waals surface area contributed by atoms with Crippen LogP contribution in [0.3, 0.4) is 0 Å². The van der Waals surface area contributed by atoms with Gasteiger partial charge in [-0.2, -0.15) is 0 Å². The van der Waals surface area contributed by atoms with Gasteiger partial charge in [-0.25, -0.2) is 0 Å². The van der Waals surface area contributed by atoms with Crippen LogP contribution in [0.1, 0.15) is 64.7 Å². The highest BCUT2D eigenvalue weighted by atomic mass is 15.3. The van der Waals surface area contributed by atoms with E-state index in [0.717, 1.165) is 12.0 Å². The van der Waals surface area contributed by atoms with Gasteiger partial charge >= 0.3 is 0 Å². The van der Waals surface area contributed by atoms with Gasteiger partial charge in [-0.05, 0) is 70.5 Å². The second-order valence-electron chi connectivity index (χ2n) is 6.77. The van der Waals surface area contributed by atoms with Crippen LogP contribution >= 0.6 is 0 Å². The van der Waals surface area contributed by atoms with Crippen molar-refractivity contribution in [1.82, 2.24) is 10.2 Å². The Balaban J connectivity index is 1.76. The summed E-state index contributed by atoms with van der Waals surface area (Å²) in [5.74, 6) is 0.996. The molecule has 0 radical (unpaired) electrons. The van der Waals surface area contributed by atoms with Crippen LogP contribution in [0.25, 0.3) is 0 Å². The molecule has 3 fully saturated rings. The normalized spacial score (nSPS) is 29.8. The molecule has 1 N–H and O–H groups in total. The summed E-state index contributed by atoms with van der Waals surface area (Å²) < 4.78 is 0. The fourth-order valence-corrected chi connectivity index (χ4v) is 4.50.